The number of rotatable bonds is 3. The number of aromatic amines is 1. The fourth-order valence-corrected chi connectivity index (χ4v) is 5.71. The van der Waals surface area contributed by atoms with E-state index in [0.717, 1.165) is 31.6 Å². The molecule has 32 heavy (non-hydrogen) atoms. The summed E-state index contributed by atoms with van der Waals surface area (Å²) in [5, 5.41) is 3.00. The minimum absolute atomic E-state index is 0.0948. The SMILES string of the molecule is O=c1[nH]ccc2cc(-c3cccc4cc(S(=O)(=O)N5CCC(F)(F)CC5)ccc34)ccc12. The zero-order valence-electron chi connectivity index (χ0n) is 17.0. The number of pyridine rings is 1. The smallest absolute Gasteiger partial charge is 0.255 e. The standard InChI is InChI=1S/C24H20F2N2O3S/c25-24(26)9-12-28(13-10-24)32(30,31)19-5-7-21-16(15-19)2-1-3-20(21)17-4-6-22-18(14-17)8-11-27-23(22)29/h1-8,11,14-15H,9-10,12-13H2,(H,27,29). The molecule has 1 N–H and O–H groups in total. The van der Waals surface area contributed by atoms with Crippen molar-refractivity contribution in [3.63, 3.8) is 0 Å². The van der Waals surface area contributed by atoms with E-state index in [4.69, 9.17) is 0 Å². The zero-order chi connectivity index (χ0) is 22.5. The van der Waals surface area contributed by atoms with Gasteiger partial charge < -0.3 is 4.98 Å². The first kappa shape index (κ1) is 20.8. The largest absolute Gasteiger partial charge is 0.329 e. The maximum absolute atomic E-state index is 13.5. The van der Waals surface area contributed by atoms with Crippen LogP contribution in [0, 0.1) is 0 Å². The molecule has 1 aliphatic rings. The Morgan fingerprint density at radius 3 is 2.38 bits per heavy atom. The molecule has 5 nitrogen and oxygen atoms in total. The van der Waals surface area contributed by atoms with Crippen molar-refractivity contribution in [1.82, 2.24) is 9.29 Å². The summed E-state index contributed by atoms with van der Waals surface area (Å²) in [6.45, 7) is -0.382. The molecule has 4 aromatic rings. The molecule has 1 fully saturated rings. The van der Waals surface area contributed by atoms with Crippen LogP contribution in [0.1, 0.15) is 12.8 Å². The van der Waals surface area contributed by atoms with E-state index in [1.165, 1.54) is 6.07 Å². The fourth-order valence-electron chi connectivity index (χ4n) is 4.24. The van der Waals surface area contributed by atoms with E-state index in [9.17, 15) is 22.0 Å². The van der Waals surface area contributed by atoms with Crippen molar-refractivity contribution in [3.8, 4) is 11.1 Å². The van der Waals surface area contributed by atoms with Gasteiger partial charge in [-0.3, -0.25) is 4.79 Å². The van der Waals surface area contributed by atoms with Crippen LogP contribution in [-0.2, 0) is 10.0 Å². The van der Waals surface area contributed by atoms with Crippen molar-refractivity contribution < 1.29 is 17.2 Å². The molecule has 3 aromatic carbocycles. The van der Waals surface area contributed by atoms with Gasteiger partial charge in [0.1, 0.15) is 0 Å². The molecule has 2 heterocycles. The molecule has 0 spiro atoms. The molecule has 0 amide bonds. The fraction of sp³-hybridized carbons (Fsp3) is 0.208. The highest BCUT2D eigenvalue weighted by Gasteiger charge is 2.38. The number of fused-ring (bicyclic) bond motifs is 2. The molecule has 0 radical (unpaired) electrons. The molecule has 0 unspecified atom stereocenters. The third-order valence-corrected chi connectivity index (χ3v) is 7.92. The van der Waals surface area contributed by atoms with Crippen molar-refractivity contribution in [2.45, 2.75) is 23.7 Å². The number of halogens is 2. The lowest BCUT2D eigenvalue weighted by atomic mass is 9.97. The number of nitrogens with one attached hydrogen (secondary N) is 1. The highest BCUT2D eigenvalue weighted by atomic mass is 32.2. The molecule has 5 rings (SSSR count). The lowest BCUT2D eigenvalue weighted by Crippen LogP contribution is -2.42. The number of nitrogens with zero attached hydrogens (tertiary/aromatic N) is 1. The third kappa shape index (κ3) is 3.59. The van der Waals surface area contributed by atoms with Crippen molar-refractivity contribution >= 4 is 31.6 Å². The van der Waals surface area contributed by atoms with E-state index < -0.39 is 28.8 Å². The monoisotopic (exact) mass is 454 g/mol. The Bertz CT molecular complexity index is 1500. The van der Waals surface area contributed by atoms with Gasteiger partial charge in [0.25, 0.3) is 11.5 Å². The van der Waals surface area contributed by atoms with Crippen LogP contribution >= 0.6 is 0 Å². The van der Waals surface area contributed by atoms with Crippen molar-refractivity contribution in [1.29, 1.82) is 0 Å². The predicted molar refractivity (Wildman–Crippen MR) is 120 cm³/mol. The summed E-state index contributed by atoms with van der Waals surface area (Å²) in [7, 11) is -3.85. The molecule has 0 bridgehead atoms. The van der Waals surface area contributed by atoms with Crippen LogP contribution in [0.2, 0.25) is 0 Å². The second-order valence-electron chi connectivity index (χ2n) is 8.06. The average molecular weight is 454 g/mol. The van der Waals surface area contributed by atoms with Gasteiger partial charge in [-0.15, -0.1) is 0 Å². The summed E-state index contributed by atoms with van der Waals surface area (Å²) in [5.74, 6) is -2.81. The Labute approximate surface area is 183 Å². The molecule has 8 heteroatoms. The molecule has 1 saturated heterocycles. The van der Waals surface area contributed by atoms with Gasteiger partial charge in [-0.05, 0) is 57.6 Å². The number of sulfonamides is 1. The number of piperidine rings is 1. The molecular weight excluding hydrogens is 434 g/mol. The van der Waals surface area contributed by atoms with Gasteiger partial charge in [0, 0.05) is 37.5 Å². The number of hydrogen-bond donors (Lipinski definition) is 1. The second-order valence-corrected chi connectivity index (χ2v) is 10.00. The van der Waals surface area contributed by atoms with Crippen LogP contribution in [0.5, 0.6) is 0 Å². The molecule has 0 atom stereocenters. The lowest BCUT2D eigenvalue weighted by Gasteiger charge is -2.31. The van der Waals surface area contributed by atoms with E-state index in [-0.39, 0.29) is 23.5 Å². The summed E-state index contributed by atoms with van der Waals surface area (Å²) in [6.07, 6.45) is 0.675. The number of alkyl halides is 2. The molecular formula is C24H20F2N2O3S. The van der Waals surface area contributed by atoms with Crippen LogP contribution in [0.15, 0.2) is 76.6 Å². The lowest BCUT2D eigenvalue weighted by molar-refractivity contribution is -0.0412. The first-order valence-corrected chi connectivity index (χ1v) is 11.7. The van der Waals surface area contributed by atoms with Crippen LogP contribution in [-0.4, -0.2) is 36.7 Å². The first-order valence-electron chi connectivity index (χ1n) is 10.3. The summed E-state index contributed by atoms with van der Waals surface area (Å²) >= 11 is 0. The van der Waals surface area contributed by atoms with Gasteiger partial charge in [-0.25, -0.2) is 17.2 Å². The summed E-state index contributed by atoms with van der Waals surface area (Å²) in [6, 6.07) is 17.9. The number of benzene rings is 3. The van der Waals surface area contributed by atoms with Crippen molar-refractivity contribution in [3.05, 3.63) is 77.2 Å². The Kier molecular flexibility index (Phi) is 4.87. The average Bonchev–Trinajstić information content (AvgIpc) is 2.78. The quantitative estimate of drug-likeness (QED) is 0.485. The van der Waals surface area contributed by atoms with Crippen molar-refractivity contribution in [2.24, 2.45) is 0 Å². The Balaban J connectivity index is 1.55. The van der Waals surface area contributed by atoms with E-state index >= 15 is 0 Å². The number of hydrogen-bond acceptors (Lipinski definition) is 3. The van der Waals surface area contributed by atoms with Gasteiger partial charge in [-0.1, -0.05) is 30.3 Å². The van der Waals surface area contributed by atoms with Crippen LogP contribution < -0.4 is 5.56 Å². The van der Waals surface area contributed by atoms with E-state index in [2.05, 4.69) is 4.98 Å². The van der Waals surface area contributed by atoms with Crippen LogP contribution in [0.3, 0.4) is 0 Å². The van der Waals surface area contributed by atoms with Gasteiger partial charge in [-0.2, -0.15) is 4.31 Å². The number of H-pyrrole nitrogens is 1. The Morgan fingerprint density at radius 1 is 0.875 bits per heavy atom. The molecule has 1 aliphatic heterocycles. The van der Waals surface area contributed by atoms with E-state index in [0.29, 0.717) is 5.39 Å². The summed E-state index contributed by atoms with van der Waals surface area (Å²) in [5.41, 5.74) is 1.66. The Hall–Kier alpha value is -3.10. The van der Waals surface area contributed by atoms with Crippen LogP contribution in [0.25, 0.3) is 32.7 Å². The van der Waals surface area contributed by atoms with E-state index in [1.807, 2.05) is 36.4 Å². The second kappa shape index (κ2) is 7.50. The minimum Gasteiger partial charge on any atom is -0.329 e. The van der Waals surface area contributed by atoms with E-state index in [1.54, 1.807) is 24.4 Å². The zero-order valence-corrected chi connectivity index (χ0v) is 17.8. The molecule has 1 aromatic heterocycles. The highest BCUT2D eigenvalue weighted by Crippen LogP contribution is 2.34. The summed E-state index contributed by atoms with van der Waals surface area (Å²) in [4.78, 5) is 14.7. The predicted octanol–water partition coefficient (Wildman–Crippen LogP) is 4.77. The van der Waals surface area contributed by atoms with Gasteiger partial charge >= 0.3 is 0 Å². The number of aromatic nitrogens is 1. The third-order valence-electron chi connectivity index (χ3n) is 6.03. The normalized spacial score (nSPS) is 17.1. The van der Waals surface area contributed by atoms with Crippen molar-refractivity contribution in [2.75, 3.05) is 13.1 Å². The molecule has 0 aliphatic carbocycles. The molecule has 0 saturated carbocycles. The van der Waals surface area contributed by atoms with Gasteiger partial charge in [0.2, 0.25) is 10.0 Å². The maximum Gasteiger partial charge on any atom is 0.255 e. The Morgan fingerprint density at radius 2 is 1.59 bits per heavy atom. The topological polar surface area (TPSA) is 70.2 Å². The molecule has 164 valence electrons. The summed E-state index contributed by atoms with van der Waals surface area (Å²) < 4.78 is 54.1. The highest BCUT2D eigenvalue weighted by molar-refractivity contribution is 7.89. The minimum atomic E-state index is -3.85. The maximum atomic E-state index is 13.5. The first-order chi connectivity index (χ1) is 15.2. The van der Waals surface area contributed by atoms with Gasteiger partial charge in [0.15, 0.2) is 0 Å². The van der Waals surface area contributed by atoms with Crippen LogP contribution in [0.4, 0.5) is 8.78 Å². The van der Waals surface area contributed by atoms with Gasteiger partial charge in [0.05, 0.1) is 4.90 Å².